The fourth-order valence-corrected chi connectivity index (χ4v) is 5.94. The van der Waals surface area contributed by atoms with Gasteiger partial charge in [0.05, 0.1) is 21.9 Å². The first kappa shape index (κ1) is 40.8. The molecule has 48 heavy (non-hydrogen) atoms. The van der Waals surface area contributed by atoms with Crippen LogP contribution in [0.1, 0.15) is 77.2 Å². The predicted molar refractivity (Wildman–Crippen MR) is 198 cm³/mol. The van der Waals surface area contributed by atoms with Crippen LogP contribution in [0.15, 0.2) is 57.5 Å². The number of aliphatic imine (C=N–C) groups is 2. The SMILES string of the molecule is C=Cc1csc(C(C)(C)CC)n1.C=NC(=NCCCNC)c1cc2c(NC3=C(C)C(F)CN(C)CC3)cccc2n1CC(F)(F)F.CC. The van der Waals surface area contributed by atoms with Crippen LogP contribution in [-0.4, -0.2) is 79.6 Å². The highest BCUT2D eigenvalue weighted by Gasteiger charge is 2.31. The number of rotatable bonds is 11. The van der Waals surface area contributed by atoms with Gasteiger partial charge in [0, 0.05) is 53.6 Å². The van der Waals surface area contributed by atoms with Gasteiger partial charge >= 0.3 is 6.18 Å². The van der Waals surface area contributed by atoms with Crippen molar-refractivity contribution in [1.82, 2.24) is 19.8 Å². The number of anilines is 1. The number of thiazole rings is 1. The molecule has 0 spiro atoms. The largest absolute Gasteiger partial charge is 0.406 e. The topological polar surface area (TPSA) is 69.8 Å². The molecule has 1 aliphatic heterocycles. The van der Waals surface area contributed by atoms with Gasteiger partial charge in [0.2, 0.25) is 0 Å². The Balaban J connectivity index is 0.000000478. The zero-order chi connectivity index (χ0) is 36.1. The molecule has 4 rings (SSSR count). The van der Waals surface area contributed by atoms with Crippen LogP contribution in [0.25, 0.3) is 17.0 Å². The van der Waals surface area contributed by atoms with Crippen LogP contribution in [0, 0.1) is 0 Å². The summed E-state index contributed by atoms with van der Waals surface area (Å²) in [6.07, 6.45) is -1.30. The molecule has 0 saturated heterocycles. The molecule has 1 unspecified atom stereocenters. The monoisotopic (exact) mass is 691 g/mol. The maximum Gasteiger partial charge on any atom is 0.406 e. The lowest BCUT2D eigenvalue weighted by molar-refractivity contribution is -0.139. The third-order valence-corrected chi connectivity index (χ3v) is 9.38. The zero-order valence-electron chi connectivity index (χ0n) is 29.8. The van der Waals surface area contributed by atoms with Gasteiger partial charge in [-0.15, -0.1) is 11.3 Å². The van der Waals surface area contributed by atoms with Crippen LogP contribution in [-0.2, 0) is 12.0 Å². The Labute approximate surface area is 288 Å². The molecule has 0 bridgehead atoms. The average molecular weight is 692 g/mol. The maximum absolute atomic E-state index is 14.6. The third kappa shape index (κ3) is 11.4. The lowest BCUT2D eigenvalue weighted by atomic mass is 9.91. The standard InChI is InChI=1S/C24H32F4N6.C10H15NS.C2H6/c1-16-18(25)14-33(4)12-9-19(16)32-20-7-5-8-21-17(20)13-22(34(21)15-24(26,27)28)23(30-3)31-11-6-10-29-2;1-5-8-7-12-9(11-8)10(3,4)6-2;1-2/h5,7-8,13,18,29,32H,3,6,9-12,14-15H2,1-2,4H3;5,7H,1,6H2,2-4H3;1-2H3. The van der Waals surface area contributed by atoms with Crippen LogP contribution in [0.4, 0.5) is 23.2 Å². The normalized spacial score (nSPS) is 16.1. The number of benzene rings is 1. The van der Waals surface area contributed by atoms with Gasteiger partial charge in [0.25, 0.3) is 0 Å². The van der Waals surface area contributed by atoms with E-state index < -0.39 is 18.9 Å². The quantitative estimate of drug-likeness (QED) is 0.0911. The van der Waals surface area contributed by atoms with E-state index in [1.54, 1.807) is 48.6 Å². The Hall–Kier alpha value is -3.35. The molecular weight excluding hydrogens is 639 g/mol. The average Bonchev–Trinajstić information content (AvgIpc) is 3.67. The molecule has 3 heterocycles. The lowest BCUT2D eigenvalue weighted by Crippen LogP contribution is -2.25. The van der Waals surface area contributed by atoms with Gasteiger partial charge in [0.1, 0.15) is 12.7 Å². The van der Waals surface area contributed by atoms with Gasteiger partial charge in [-0.25, -0.2) is 14.4 Å². The maximum atomic E-state index is 14.6. The van der Waals surface area contributed by atoms with Crippen molar-refractivity contribution >= 4 is 46.6 Å². The molecule has 0 fully saturated rings. The first-order valence-corrected chi connectivity index (χ1v) is 17.3. The molecule has 1 atom stereocenters. The number of nitrogens with zero attached hydrogens (tertiary/aromatic N) is 5. The molecule has 0 amide bonds. The minimum absolute atomic E-state index is 0.165. The van der Waals surface area contributed by atoms with Gasteiger partial charge in [-0.1, -0.05) is 47.3 Å². The van der Waals surface area contributed by atoms with Crippen molar-refractivity contribution < 1.29 is 17.6 Å². The summed E-state index contributed by atoms with van der Waals surface area (Å²) in [6.45, 7) is 20.6. The van der Waals surface area contributed by atoms with E-state index in [9.17, 15) is 17.6 Å². The van der Waals surface area contributed by atoms with Crippen molar-refractivity contribution in [3.8, 4) is 0 Å². The second-order valence-electron chi connectivity index (χ2n) is 12.1. The van der Waals surface area contributed by atoms with Crippen LogP contribution in [0.5, 0.6) is 0 Å². The summed E-state index contributed by atoms with van der Waals surface area (Å²) < 4.78 is 56.3. The van der Waals surface area contributed by atoms with Gasteiger partial charge in [-0.2, -0.15) is 13.2 Å². The summed E-state index contributed by atoms with van der Waals surface area (Å²) in [6, 6.07) is 6.77. The highest BCUT2D eigenvalue weighted by Crippen LogP contribution is 2.33. The Morgan fingerprint density at radius 2 is 1.94 bits per heavy atom. The second-order valence-corrected chi connectivity index (χ2v) is 12.9. The van der Waals surface area contributed by atoms with Gasteiger partial charge in [-0.05, 0) is 77.0 Å². The minimum atomic E-state index is -4.44. The van der Waals surface area contributed by atoms with Gasteiger partial charge in [-0.3, -0.25) is 4.99 Å². The number of hydrogen-bond donors (Lipinski definition) is 2. The highest BCUT2D eigenvalue weighted by atomic mass is 32.1. The van der Waals surface area contributed by atoms with E-state index in [1.807, 2.05) is 32.8 Å². The van der Waals surface area contributed by atoms with Crippen molar-refractivity contribution in [2.24, 2.45) is 9.98 Å². The zero-order valence-corrected chi connectivity index (χ0v) is 30.6. The van der Waals surface area contributed by atoms with E-state index in [2.05, 4.69) is 65.1 Å². The number of aromatic nitrogens is 2. The van der Waals surface area contributed by atoms with E-state index >= 15 is 0 Å². The summed E-state index contributed by atoms with van der Waals surface area (Å²) in [5.74, 6) is 0.165. The molecule has 0 aliphatic carbocycles. The van der Waals surface area contributed by atoms with Crippen LogP contribution >= 0.6 is 11.3 Å². The van der Waals surface area contributed by atoms with Crippen molar-refractivity contribution in [2.45, 2.75) is 85.1 Å². The molecule has 266 valence electrons. The van der Waals surface area contributed by atoms with E-state index in [0.29, 0.717) is 54.6 Å². The first-order valence-electron chi connectivity index (χ1n) is 16.5. The smallest absolute Gasteiger partial charge is 0.358 e. The molecule has 0 saturated carbocycles. The summed E-state index contributed by atoms with van der Waals surface area (Å²) in [7, 11) is 3.69. The fourth-order valence-electron chi connectivity index (χ4n) is 4.94. The third-order valence-electron chi connectivity index (χ3n) is 8.15. The molecule has 0 radical (unpaired) electrons. The Morgan fingerprint density at radius 1 is 1.23 bits per heavy atom. The van der Waals surface area contributed by atoms with Crippen LogP contribution < -0.4 is 10.6 Å². The number of fused-ring (bicyclic) bond motifs is 1. The Kier molecular flexibility index (Phi) is 16.2. The van der Waals surface area contributed by atoms with Crippen molar-refractivity contribution in [2.75, 3.05) is 45.6 Å². The van der Waals surface area contributed by atoms with Crippen molar-refractivity contribution in [3.05, 3.63) is 63.9 Å². The molecule has 1 aromatic carbocycles. The Bertz CT molecular complexity index is 1530. The summed E-state index contributed by atoms with van der Waals surface area (Å²) in [4.78, 5) is 14.7. The van der Waals surface area contributed by atoms with Crippen molar-refractivity contribution in [3.63, 3.8) is 0 Å². The molecule has 2 aromatic heterocycles. The van der Waals surface area contributed by atoms with Crippen molar-refractivity contribution in [1.29, 1.82) is 0 Å². The molecule has 1 aliphatic rings. The van der Waals surface area contributed by atoms with Gasteiger partial charge < -0.3 is 20.1 Å². The second kappa shape index (κ2) is 19.0. The predicted octanol–water partition coefficient (Wildman–Crippen LogP) is 9.12. The van der Waals surface area contributed by atoms with Gasteiger partial charge in [0.15, 0.2) is 5.84 Å². The van der Waals surface area contributed by atoms with Crippen LogP contribution in [0.2, 0.25) is 0 Å². The minimum Gasteiger partial charge on any atom is -0.358 e. The molecule has 7 nitrogen and oxygen atoms in total. The van der Waals surface area contributed by atoms with E-state index in [4.69, 9.17) is 0 Å². The Morgan fingerprint density at radius 3 is 2.52 bits per heavy atom. The number of amidine groups is 1. The number of hydrogen-bond acceptors (Lipinski definition) is 6. The highest BCUT2D eigenvalue weighted by molar-refractivity contribution is 7.09. The molecular formula is C36H53F4N7S. The molecule has 3 aromatic rings. The van der Waals surface area contributed by atoms with E-state index in [0.717, 1.165) is 24.4 Å². The number of alkyl halides is 4. The molecule has 2 N–H and O–H groups in total. The van der Waals surface area contributed by atoms with E-state index in [-0.39, 0.29) is 16.9 Å². The van der Waals surface area contributed by atoms with Crippen LogP contribution in [0.3, 0.4) is 0 Å². The first-order chi connectivity index (χ1) is 22.7. The lowest BCUT2D eigenvalue weighted by Gasteiger charge is -2.18. The summed E-state index contributed by atoms with van der Waals surface area (Å²) in [5.41, 5.74) is 3.82. The molecule has 12 heteroatoms. The number of halogens is 4. The van der Waals surface area contributed by atoms with E-state index in [1.165, 1.54) is 9.57 Å². The fraction of sp³-hybridized carbons (Fsp3) is 0.528. The summed E-state index contributed by atoms with van der Waals surface area (Å²) >= 11 is 1.72. The summed E-state index contributed by atoms with van der Waals surface area (Å²) in [5, 5.41) is 10.2. The number of nitrogens with one attached hydrogen (secondary N) is 2.